The quantitative estimate of drug-likeness (QED) is 0.834. The Labute approximate surface area is 130 Å². The molecule has 1 fully saturated rings. The SMILES string of the molecule is CCNC1CCC(CC)CC1CN(C)Cc1cccnc1. The van der Waals surface area contributed by atoms with Crippen LogP contribution in [0.4, 0.5) is 0 Å². The third kappa shape index (κ3) is 5.08. The van der Waals surface area contributed by atoms with Crippen molar-refractivity contribution in [2.45, 2.75) is 52.1 Å². The van der Waals surface area contributed by atoms with E-state index >= 15 is 0 Å². The van der Waals surface area contributed by atoms with Gasteiger partial charge in [-0.15, -0.1) is 0 Å². The highest BCUT2D eigenvalue weighted by Gasteiger charge is 2.29. The molecule has 3 unspecified atom stereocenters. The molecule has 118 valence electrons. The van der Waals surface area contributed by atoms with Crippen molar-refractivity contribution < 1.29 is 0 Å². The number of rotatable bonds is 7. The first-order chi connectivity index (χ1) is 10.2. The van der Waals surface area contributed by atoms with Gasteiger partial charge in [0.15, 0.2) is 0 Å². The van der Waals surface area contributed by atoms with Gasteiger partial charge in [-0.3, -0.25) is 4.98 Å². The van der Waals surface area contributed by atoms with Crippen LogP contribution in [-0.4, -0.2) is 36.1 Å². The molecule has 1 aromatic rings. The highest BCUT2D eigenvalue weighted by Crippen LogP contribution is 2.32. The maximum atomic E-state index is 4.22. The van der Waals surface area contributed by atoms with E-state index in [9.17, 15) is 0 Å². The van der Waals surface area contributed by atoms with Crippen LogP contribution in [0.25, 0.3) is 0 Å². The molecule has 1 saturated carbocycles. The standard InChI is InChI=1S/C18H31N3/c1-4-15-8-9-18(20-5-2)17(11-15)14-21(3)13-16-7-6-10-19-12-16/h6-7,10,12,15,17-18,20H,4-5,8-9,11,13-14H2,1-3H3. The second kappa shape index (κ2) is 8.50. The number of aromatic nitrogens is 1. The molecule has 0 aliphatic heterocycles. The lowest BCUT2D eigenvalue weighted by atomic mass is 9.76. The van der Waals surface area contributed by atoms with E-state index in [0.29, 0.717) is 6.04 Å². The molecule has 1 aliphatic rings. The molecule has 1 N–H and O–H groups in total. The van der Waals surface area contributed by atoms with Crippen LogP contribution in [0, 0.1) is 11.8 Å². The molecule has 3 atom stereocenters. The van der Waals surface area contributed by atoms with Crippen LogP contribution in [-0.2, 0) is 6.54 Å². The highest BCUT2D eigenvalue weighted by molar-refractivity contribution is 5.08. The Balaban J connectivity index is 1.90. The lowest BCUT2D eigenvalue weighted by Gasteiger charge is -2.38. The number of hydrogen-bond donors (Lipinski definition) is 1. The van der Waals surface area contributed by atoms with Crippen molar-refractivity contribution in [3.8, 4) is 0 Å². The molecular formula is C18H31N3. The average molecular weight is 289 g/mol. The van der Waals surface area contributed by atoms with Gasteiger partial charge in [0, 0.05) is 31.5 Å². The molecule has 0 radical (unpaired) electrons. The lowest BCUT2D eigenvalue weighted by molar-refractivity contribution is 0.150. The third-order valence-electron chi connectivity index (χ3n) is 4.86. The molecule has 1 aromatic heterocycles. The van der Waals surface area contributed by atoms with E-state index in [-0.39, 0.29) is 0 Å². The first-order valence-electron chi connectivity index (χ1n) is 8.53. The van der Waals surface area contributed by atoms with Crippen molar-refractivity contribution in [2.75, 3.05) is 20.1 Å². The first kappa shape index (κ1) is 16.4. The van der Waals surface area contributed by atoms with Gasteiger partial charge in [0.1, 0.15) is 0 Å². The summed E-state index contributed by atoms with van der Waals surface area (Å²) in [6, 6.07) is 4.90. The van der Waals surface area contributed by atoms with Gasteiger partial charge < -0.3 is 10.2 Å². The Hall–Kier alpha value is -0.930. The van der Waals surface area contributed by atoms with E-state index in [1.165, 1.54) is 37.8 Å². The lowest BCUT2D eigenvalue weighted by Crippen LogP contribution is -2.45. The zero-order valence-corrected chi connectivity index (χ0v) is 13.9. The Morgan fingerprint density at radius 2 is 2.19 bits per heavy atom. The van der Waals surface area contributed by atoms with Crippen molar-refractivity contribution >= 4 is 0 Å². The number of hydrogen-bond acceptors (Lipinski definition) is 3. The zero-order valence-electron chi connectivity index (χ0n) is 13.9. The van der Waals surface area contributed by atoms with Crippen molar-refractivity contribution in [3.63, 3.8) is 0 Å². The van der Waals surface area contributed by atoms with Crippen molar-refractivity contribution in [1.29, 1.82) is 0 Å². The summed E-state index contributed by atoms with van der Waals surface area (Å²) in [7, 11) is 2.24. The van der Waals surface area contributed by atoms with Crippen LogP contribution in [0.3, 0.4) is 0 Å². The fourth-order valence-electron chi connectivity index (χ4n) is 3.73. The van der Waals surface area contributed by atoms with Crippen molar-refractivity contribution in [3.05, 3.63) is 30.1 Å². The minimum absolute atomic E-state index is 0.703. The van der Waals surface area contributed by atoms with Gasteiger partial charge in [-0.2, -0.15) is 0 Å². The van der Waals surface area contributed by atoms with E-state index in [0.717, 1.165) is 24.9 Å². The van der Waals surface area contributed by atoms with Gasteiger partial charge in [-0.05, 0) is 56.3 Å². The van der Waals surface area contributed by atoms with Crippen LogP contribution >= 0.6 is 0 Å². The summed E-state index contributed by atoms with van der Waals surface area (Å²) >= 11 is 0. The largest absolute Gasteiger partial charge is 0.314 e. The first-order valence-corrected chi connectivity index (χ1v) is 8.53. The second-order valence-electron chi connectivity index (χ2n) is 6.57. The molecule has 3 nitrogen and oxygen atoms in total. The molecule has 1 aliphatic carbocycles. The summed E-state index contributed by atoms with van der Waals surface area (Å²) < 4.78 is 0. The molecule has 1 heterocycles. The Bertz CT molecular complexity index is 393. The van der Waals surface area contributed by atoms with Crippen LogP contribution in [0.2, 0.25) is 0 Å². The molecule has 2 rings (SSSR count). The van der Waals surface area contributed by atoms with E-state index < -0.39 is 0 Å². The van der Waals surface area contributed by atoms with Crippen LogP contribution < -0.4 is 5.32 Å². The molecule has 0 aromatic carbocycles. The van der Waals surface area contributed by atoms with Gasteiger partial charge in [0.2, 0.25) is 0 Å². The van der Waals surface area contributed by atoms with Gasteiger partial charge in [-0.1, -0.05) is 26.3 Å². The van der Waals surface area contributed by atoms with Gasteiger partial charge in [0.05, 0.1) is 0 Å². The van der Waals surface area contributed by atoms with E-state index in [2.05, 4.69) is 42.2 Å². The molecule has 0 spiro atoms. The van der Waals surface area contributed by atoms with Gasteiger partial charge in [-0.25, -0.2) is 0 Å². The van der Waals surface area contributed by atoms with Crippen LogP contribution in [0.1, 0.15) is 45.1 Å². The Morgan fingerprint density at radius 3 is 2.86 bits per heavy atom. The summed E-state index contributed by atoms with van der Waals surface area (Å²) in [6.07, 6.45) is 9.29. The van der Waals surface area contributed by atoms with Crippen LogP contribution in [0.15, 0.2) is 24.5 Å². The summed E-state index contributed by atoms with van der Waals surface area (Å²) in [4.78, 5) is 6.68. The fourth-order valence-corrected chi connectivity index (χ4v) is 3.73. The molecule has 21 heavy (non-hydrogen) atoms. The number of nitrogens with zero attached hydrogens (tertiary/aromatic N) is 2. The minimum atomic E-state index is 0.703. The topological polar surface area (TPSA) is 28.2 Å². The normalized spacial score (nSPS) is 26.2. The summed E-state index contributed by atoms with van der Waals surface area (Å²) in [5.41, 5.74) is 1.31. The van der Waals surface area contributed by atoms with E-state index in [1.807, 2.05) is 18.5 Å². The van der Waals surface area contributed by atoms with Gasteiger partial charge in [0.25, 0.3) is 0 Å². The average Bonchev–Trinajstić information content (AvgIpc) is 2.50. The van der Waals surface area contributed by atoms with Crippen LogP contribution in [0.5, 0.6) is 0 Å². The Kier molecular flexibility index (Phi) is 6.65. The monoisotopic (exact) mass is 289 g/mol. The predicted octanol–water partition coefficient (Wildman–Crippen LogP) is 3.32. The number of pyridine rings is 1. The maximum absolute atomic E-state index is 4.22. The summed E-state index contributed by atoms with van der Waals surface area (Å²) in [5.74, 6) is 1.71. The minimum Gasteiger partial charge on any atom is -0.314 e. The zero-order chi connectivity index (χ0) is 15.1. The van der Waals surface area contributed by atoms with Gasteiger partial charge >= 0.3 is 0 Å². The van der Waals surface area contributed by atoms with Crippen molar-refractivity contribution in [1.82, 2.24) is 15.2 Å². The molecule has 3 heteroatoms. The highest BCUT2D eigenvalue weighted by atomic mass is 15.1. The molecule has 0 bridgehead atoms. The van der Waals surface area contributed by atoms with E-state index in [4.69, 9.17) is 0 Å². The predicted molar refractivity (Wildman–Crippen MR) is 89.2 cm³/mol. The third-order valence-corrected chi connectivity index (χ3v) is 4.86. The smallest absolute Gasteiger partial charge is 0.0312 e. The molecular weight excluding hydrogens is 258 g/mol. The number of nitrogens with one attached hydrogen (secondary N) is 1. The fraction of sp³-hybridized carbons (Fsp3) is 0.722. The van der Waals surface area contributed by atoms with E-state index in [1.54, 1.807) is 0 Å². The Morgan fingerprint density at radius 1 is 1.33 bits per heavy atom. The van der Waals surface area contributed by atoms with Crippen molar-refractivity contribution in [2.24, 2.45) is 11.8 Å². The molecule has 0 saturated heterocycles. The summed E-state index contributed by atoms with van der Waals surface area (Å²) in [6.45, 7) is 7.84. The second-order valence-corrected chi connectivity index (χ2v) is 6.57. The summed E-state index contributed by atoms with van der Waals surface area (Å²) in [5, 5.41) is 3.71. The maximum Gasteiger partial charge on any atom is 0.0312 e. The molecule has 0 amide bonds.